The number of benzene rings is 2. The maximum Gasteiger partial charge on any atom is 0.216 e. The molecular formula is C25H28FN3O. The Bertz CT molecular complexity index is 1000. The first-order valence-electron chi connectivity index (χ1n) is 9.88. The van der Waals surface area contributed by atoms with Crippen molar-refractivity contribution in [2.24, 2.45) is 4.99 Å². The highest BCUT2D eigenvalue weighted by Crippen LogP contribution is 2.28. The second kappa shape index (κ2) is 10.2. The number of halogens is 1. The number of aliphatic imine (C=N–C) groups is 1. The van der Waals surface area contributed by atoms with Crippen molar-refractivity contribution in [2.75, 3.05) is 19.7 Å². The van der Waals surface area contributed by atoms with Crippen molar-refractivity contribution >= 4 is 5.97 Å². The van der Waals surface area contributed by atoms with Crippen LogP contribution in [0.5, 0.6) is 0 Å². The third-order valence-electron chi connectivity index (χ3n) is 5.28. The van der Waals surface area contributed by atoms with E-state index in [4.69, 9.17) is 5.11 Å². The summed E-state index contributed by atoms with van der Waals surface area (Å²) < 4.78 is 13.9. The van der Waals surface area contributed by atoms with Crippen molar-refractivity contribution in [2.45, 2.75) is 26.3 Å². The van der Waals surface area contributed by atoms with Gasteiger partial charge in [-0.3, -0.25) is 9.98 Å². The molecule has 1 aliphatic heterocycles. The summed E-state index contributed by atoms with van der Waals surface area (Å²) in [4.78, 5) is 8.31. The van der Waals surface area contributed by atoms with Gasteiger partial charge in [-0.2, -0.15) is 4.39 Å². The Morgan fingerprint density at radius 2 is 1.87 bits per heavy atom. The molecule has 0 bridgehead atoms. The maximum atomic E-state index is 13.9. The molecule has 0 saturated carbocycles. The minimum atomic E-state index is -0.384. The van der Waals surface area contributed by atoms with Gasteiger partial charge in [-0.25, -0.2) is 0 Å². The van der Waals surface area contributed by atoms with Crippen LogP contribution in [0.3, 0.4) is 0 Å². The maximum absolute atomic E-state index is 13.9. The Balaban J connectivity index is 0.00000256. The summed E-state index contributed by atoms with van der Waals surface area (Å²) in [7, 11) is 0. The third-order valence-corrected chi connectivity index (χ3v) is 5.28. The molecule has 30 heavy (non-hydrogen) atoms. The molecular weight excluding hydrogens is 377 g/mol. The molecule has 2 heterocycles. The van der Waals surface area contributed by atoms with E-state index < -0.39 is 0 Å². The van der Waals surface area contributed by atoms with E-state index >= 15 is 0 Å². The number of aliphatic hydroxyl groups excluding tert-OH is 1. The molecule has 0 radical (unpaired) electrons. The van der Waals surface area contributed by atoms with Gasteiger partial charge in [0, 0.05) is 42.5 Å². The fourth-order valence-electron chi connectivity index (χ4n) is 3.76. The fraction of sp³-hybridized carbons (Fsp3) is 0.280. The molecule has 2 N–H and O–H groups in total. The molecule has 0 saturated heterocycles. The molecule has 0 fully saturated rings. The van der Waals surface area contributed by atoms with E-state index in [1.54, 1.807) is 0 Å². The summed E-state index contributed by atoms with van der Waals surface area (Å²) >= 11 is 0. The zero-order valence-electron chi connectivity index (χ0n) is 16.2. The number of nitrogens with zero attached hydrogens (tertiary/aromatic N) is 2. The van der Waals surface area contributed by atoms with Gasteiger partial charge in [0.05, 0.1) is 13.2 Å². The fourth-order valence-corrected chi connectivity index (χ4v) is 3.76. The average Bonchev–Trinajstić information content (AvgIpc) is 3.14. The van der Waals surface area contributed by atoms with Crippen LogP contribution in [0.4, 0.5) is 4.39 Å². The number of aliphatic hydroxyl groups is 1. The van der Waals surface area contributed by atoms with Gasteiger partial charge in [0.15, 0.2) is 0 Å². The van der Waals surface area contributed by atoms with E-state index in [1.807, 2.05) is 48.8 Å². The minimum absolute atomic E-state index is 0. The Hall–Kier alpha value is -2.89. The van der Waals surface area contributed by atoms with Crippen molar-refractivity contribution < 1.29 is 9.50 Å². The molecule has 0 unspecified atom stereocenters. The van der Waals surface area contributed by atoms with E-state index in [9.17, 15) is 4.39 Å². The van der Waals surface area contributed by atoms with Crippen LogP contribution in [0.2, 0.25) is 0 Å². The number of aromatic nitrogens is 1. The Labute approximate surface area is 177 Å². The third kappa shape index (κ3) is 4.99. The highest BCUT2D eigenvalue weighted by atomic mass is 19.1. The van der Waals surface area contributed by atoms with E-state index in [0.717, 1.165) is 35.2 Å². The van der Waals surface area contributed by atoms with Gasteiger partial charge < -0.3 is 10.4 Å². The van der Waals surface area contributed by atoms with Crippen molar-refractivity contribution in [3.8, 4) is 11.1 Å². The first kappa shape index (κ1) is 21.8. The zero-order valence-corrected chi connectivity index (χ0v) is 16.2. The molecule has 0 amide bonds. The lowest BCUT2D eigenvalue weighted by molar-refractivity contribution is 0.291. The SMILES string of the molecule is C.OCCNC[C@H](Cc1cncc(-c2ccc3c(c2)C(F)=NC3)c1)c1ccccc1. The summed E-state index contributed by atoms with van der Waals surface area (Å²) in [5, 5.41) is 12.4. The van der Waals surface area contributed by atoms with Crippen molar-refractivity contribution in [1.82, 2.24) is 10.3 Å². The Morgan fingerprint density at radius 3 is 2.67 bits per heavy atom. The van der Waals surface area contributed by atoms with Crippen molar-refractivity contribution in [1.29, 1.82) is 0 Å². The highest BCUT2D eigenvalue weighted by Gasteiger charge is 2.17. The van der Waals surface area contributed by atoms with Gasteiger partial charge in [0.2, 0.25) is 5.97 Å². The van der Waals surface area contributed by atoms with E-state index in [2.05, 4.69) is 33.5 Å². The van der Waals surface area contributed by atoms with Gasteiger partial charge in [0.1, 0.15) is 0 Å². The first-order valence-corrected chi connectivity index (χ1v) is 9.88. The van der Waals surface area contributed by atoms with Gasteiger partial charge in [0.25, 0.3) is 0 Å². The van der Waals surface area contributed by atoms with Crippen LogP contribution in [-0.2, 0) is 13.0 Å². The van der Waals surface area contributed by atoms with Crippen LogP contribution >= 0.6 is 0 Å². The summed E-state index contributed by atoms with van der Waals surface area (Å²) in [6.07, 6.45) is 4.53. The van der Waals surface area contributed by atoms with Gasteiger partial charge in [-0.15, -0.1) is 0 Å². The van der Waals surface area contributed by atoms with Crippen LogP contribution in [0.15, 0.2) is 72.0 Å². The summed E-state index contributed by atoms with van der Waals surface area (Å²) in [5.41, 5.74) is 5.80. The van der Waals surface area contributed by atoms with Gasteiger partial charge in [-0.05, 0) is 40.8 Å². The smallest absolute Gasteiger partial charge is 0.216 e. The lowest BCUT2D eigenvalue weighted by Crippen LogP contribution is -2.25. The van der Waals surface area contributed by atoms with Gasteiger partial charge in [-0.1, -0.05) is 49.9 Å². The number of fused-ring (bicyclic) bond motifs is 1. The number of rotatable bonds is 8. The molecule has 3 aromatic rings. The van der Waals surface area contributed by atoms with Crippen LogP contribution in [-0.4, -0.2) is 35.8 Å². The normalized spacial score (nSPS) is 13.3. The summed E-state index contributed by atoms with van der Waals surface area (Å²) in [6.45, 7) is 1.88. The topological polar surface area (TPSA) is 57.5 Å². The molecule has 4 rings (SSSR count). The lowest BCUT2D eigenvalue weighted by Gasteiger charge is -2.18. The number of nitrogens with one attached hydrogen (secondary N) is 1. The molecule has 1 atom stereocenters. The second-order valence-electron chi connectivity index (χ2n) is 7.30. The molecule has 0 aliphatic carbocycles. The first-order chi connectivity index (χ1) is 14.2. The monoisotopic (exact) mass is 405 g/mol. The van der Waals surface area contributed by atoms with Crippen LogP contribution in [0.1, 0.15) is 35.6 Å². The largest absolute Gasteiger partial charge is 0.395 e. The summed E-state index contributed by atoms with van der Waals surface area (Å²) in [6, 6.07) is 18.3. The Kier molecular flexibility index (Phi) is 7.44. The number of hydrogen-bond donors (Lipinski definition) is 2. The molecule has 1 aliphatic rings. The predicted octanol–water partition coefficient (Wildman–Crippen LogP) is 4.52. The number of pyridine rings is 1. The van der Waals surface area contributed by atoms with Crippen molar-refractivity contribution in [3.63, 3.8) is 0 Å². The predicted molar refractivity (Wildman–Crippen MR) is 121 cm³/mol. The molecule has 0 spiro atoms. The summed E-state index contributed by atoms with van der Waals surface area (Å²) in [5.74, 6) is -0.116. The molecule has 2 aromatic carbocycles. The van der Waals surface area contributed by atoms with E-state index in [0.29, 0.717) is 18.7 Å². The van der Waals surface area contributed by atoms with Crippen LogP contribution < -0.4 is 5.32 Å². The van der Waals surface area contributed by atoms with E-state index in [1.165, 1.54) is 5.56 Å². The molecule has 4 nitrogen and oxygen atoms in total. The van der Waals surface area contributed by atoms with Crippen LogP contribution in [0.25, 0.3) is 11.1 Å². The molecule has 5 heteroatoms. The van der Waals surface area contributed by atoms with Crippen LogP contribution in [0, 0.1) is 0 Å². The molecule has 156 valence electrons. The average molecular weight is 406 g/mol. The molecule has 1 aromatic heterocycles. The second-order valence-corrected chi connectivity index (χ2v) is 7.30. The minimum Gasteiger partial charge on any atom is -0.395 e. The lowest BCUT2D eigenvalue weighted by atomic mass is 9.91. The zero-order chi connectivity index (χ0) is 20.1. The number of hydrogen-bond acceptors (Lipinski definition) is 4. The highest BCUT2D eigenvalue weighted by molar-refractivity contribution is 5.98. The standard InChI is InChI=1S/C24H24FN3O.CH4/c25-24-23-12-19(6-7-20(23)16-28-24)22-11-17(13-27-15-22)10-21(14-26-8-9-29)18-4-2-1-3-5-18;/h1-7,11-13,15,21,26,29H,8-10,14,16H2;1H4/t21-;/m0./s1. The van der Waals surface area contributed by atoms with E-state index in [-0.39, 0.29) is 25.9 Å². The van der Waals surface area contributed by atoms with Gasteiger partial charge >= 0.3 is 0 Å². The Morgan fingerprint density at radius 1 is 1.03 bits per heavy atom. The van der Waals surface area contributed by atoms with Crippen molar-refractivity contribution in [3.05, 3.63) is 89.2 Å². The quantitative estimate of drug-likeness (QED) is 0.542.